The van der Waals surface area contributed by atoms with Crippen molar-refractivity contribution in [2.75, 3.05) is 19.7 Å². The molecule has 0 aromatic heterocycles. The fraction of sp³-hybridized carbons (Fsp3) is 0.667. The van der Waals surface area contributed by atoms with E-state index in [1.54, 1.807) is 11.8 Å². The minimum atomic E-state index is -0.880. The molecule has 0 aromatic rings. The number of carboxylic acids is 1. The third-order valence-corrected chi connectivity index (χ3v) is 2.34. The smallest absolute Gasteiger partial charge is 0.323 e. The molecular weight excluding hydrogens is 206 g/mol. The number of aliphatic carboxylic acids is 1. The Balaban J connectivity index is 2.69. The molecule has 0 spiro atoms. The Morgan fingerprint density at radius 2 is 2.43 bits per heavy atom. The van der Waals surface area contributed by atoms with Crippen LogP contribution in [0.4, 0.5) is 0 Å². The molecule has 0 saturated carbocycles. The lowest BCUT2D eigenvalue weighted by Crippen LogP contribution is -2.54. The summed E-state index contributed by atoms with van der Waals surface area (Å²) in [5, 5.41) is 9.45. The highest BCUT2D eigenvalue weighted by atomic mass is 35.5. The number of nitrogens with zero attached hydrogens (tertiary/aromatic N) is 1. The largest absolute Gasteiger partial charge is 0.480 e. The number of carboxylic acid groups (broad SMARTS) is 1. The van der Waals surface area contributed by atoms with Crippen molar-refractivity contribution < 1.29 is 14.6 Å². The Hall–Kier alpha value is -0.580. The van der Waals surface area contributed by atoms with Gasteiger partial charge in [-0.15, -0.1) is 0 Å². The van der Waals surface area contributed by atoms with Crippen molar-refractivity contribution in [2.24, 2.45) is 0 Å². The molecule has 1 N–H and O–H groups in total. The van der Waals surface area contributed by atoms with Crippen molar-refractivity contribution in [1.82, 2.24) is 4.90 Å². The summed E-state index contributed by atoms with van der Waals surface area (Å²) >= 11 is 5.66. The van der Waals surface area contributed by atoms with E-state index in [-0.39, 0.29) is 6.10 Å². The zero-order valence-corrected chi connectivity index (χ0v) is 8.83. The minimum Gasteiger partial charge on any atom is -0.480 e. The van der Waals surface area contributed by atoms with E-state index in [4.69, 9.17) is 21.4 Å². The molecule has 14 heavy (non-hydrogen) atoms. The molecule has 2 atom stereocenters. The van der Waals surface area contributed by atoms with Crippen LogP contribution in [0.3, 0.4) is 0 Å². The molecule has 0 radical (unpaired) electrons. The molecule has 1 saturated heterocycles. The summed E-state index contributed by atoms with van der Waals surface area (Å²) < 4.78 is 5.27. The van der Waals surface area contributed by atoms with Crippen LogP contribution < -0.4 is 0 Å². The Kier molecular flexibility index (Phi) is 3.92. The van der Waals surface area contributed by atoms with Crippen LogP contribution in [0.25, 0.3) is 0 Å². The summed E-state index contributed by atoms with van der Waals surface area (Å²) in [4.78, 5) is 12.7. The van der Waals surface area contributed by atoms with Gasteiger partial charge in [-0.3, -0.25) is 9.69 Å². The molecule has 1 aliphatic rings. The van der Waals surface area contributed by atoms with Crippen molar-refractivity contribution in [3.63, 3.8) is 0 Å². The Morgan fingerprint density at radius 1 is 1.79 bits per heavy atom. The lowest BCUT2D eigenvalue weighted by molar-refractivity contribution is -0.155. The molecule has 4 nitrogen and oxygen atoms in total. The van der Waals surface area contributed by atoms with Crippen LogP contribution in [0.5, 0.6) is 0 Å². The summed E-state index contributed by atoms with van der Waals surface area (Å²) in [7, 11) is 0. The summed E-state index contributed by atoms with van der Waals surface area (Å²) in [5.41, 5.74) is 0. The van der Waals surface area contributed by atoms with Crippen LogP contribution in [0, 0.1) is 0 Å². The standard InChI is InChI=1S/C9H14ClNO3/c1-6(10)5-11-3-4-14-7(2)8(11)9(12)13/h7-8H,1,3-5H2,2H3,(H,12,13). The third kappa shape index (κ3) is 2.70. The molecule has 0 aliphatic carbocycles. The average Bonchev–Trinajstić information content (AvgIpc) is 2.01. The van der Waals surface area contributed by atoms with E-state index < -0.39 is 12.0 Å². The SMILES string of the molecule is C=C(Cl)CN1CCOC(C)C1C(=O)O. The lowest BCUT2D eigenvalue weighted by atomic mass is 10.1. The Morgan fingerprint density at radius 3 is 2.93 bits per heavy atom. The molecule has 2 unspecified atom stereocenters. The Bertz CT molecular complexity index is 244. The van der Waals surface area contributed by atoms with Gasteiger partial charge < -0.3 is 9.84 Å². The van der Waals surface area contributed by atoms with Crippen molar-refractivity contribution in [2.45, 2.75) is 19.1 Å². The van der Waals surface area contributed by atoms with E-state index in [9.17, 15) is 4.79 Å². The summed E-state index contributed by atoms with van der Waals surface area (Å²) in [6.07, 6.45) is -0.308. The van der Waals surface area contributed by atoms with Crippen molar-refractivity contribution in [1.29, 1.82) is 0 Å². The van der Waals surface area contributed by atoms with E-state index in [2.05, 4.69) is 6.58 Å². The zero-order valence-electron chi connectivity index (χ0n) is 8.07. The first-order valence-corrected chi connectivity index (χ1v) is 4.82. The maximum atomic E-state index is 11.0. The lowest BCUT2D eigenvalue weighted by Gasteiger charge is -2.36. The van der Waals surface area contributed by atoms with Crippen molar-refractivity contribution >= 4 is 17.6 Å². The highest BCUT2D eigenvalue weighted by molar-refractivity contribution is 6.29. The van der Waals surface area contributed by atoms with Crippen LogP contribution in [-0.4, -0.2) is 47.8 Å². The second kappa shape index (κ2) is 4.77. The number of hydrogen-bond acceptors (Lipinski definition) is 3. The van der Waals surface area contributed by atoms with E-state index in [0.717, 1.165) is 0 Å². The minimum absolute atomic E-state index is 0.308. The van der Waals surface area contributed by atoms with Gasteiger partial charge in [0.25, 0.3) is 0 Å². The highest BCUT2D eigenvalue weighted by Crippen LogP contribution is 2.16. The number of carbonyl (C=O) groups is 1. The first-order valence-electron chi connectivity index (χ1n) is 4.44. The second-order valence-electron chi connectivity index (χ2n) is 3.35. The average molecular weight is 220 g/mol. The summed E-state index contributed by atoms with van der Waals surface area (Å²) in [5.74, 6) is -0.880. The van der Waals surface area contributed by atoms with Crippen LogP contribution in [0.1, 0.15) is 6.92 Å². The molecule has 1 rings (SSSR count). The normalized spacial score (nSPS) is 28.7. The van der Waals surface area contributed by atoms with Gasteiger partial charge in [-0.1, -0.05) is 18.2 Å². The third-order valence-electron chi connectivity index (χ3n) is 2.22. The van der Waals surface area contributed by atoms with E-state index in [1.807, 2.05) is 0 Å². The van der Waals surface area contributed by atoms with Crippen LogP contribution >= 0.6 is 11.6 Å². The van der Waals surface area contributed by atoms with Crippen LogP contribution in [0.15, 0.2) is 11.6 Å². The fourth-order valence-electron chi connectivity index (χ4n) is 1.64. The molecule has 1 aliphatic heterocycles. The van der Waals surface area contributed by atoms with E-state index >= 15 is 0 Å². The number of halogens is 1. The Labute approximate surface area is 88.1 Å². The van der Waals surface area contributed by atoms with E-state index in [0.29, 0.717) is 24.7 Å². The van der Waals surface area contributed by atoms with Gasteiger partial charge in [0, 0.05) is 18.1 Å². The first kappa shape index (κ1) is 11.5. The molecule has 80 valence electrons. The molecular formula is C9H14ClNO3. The molecule has 1 heterocycles. The van der Waals surface area contributed by atoms with Gasteiger partial charge >= 0.3 is 5.97 Å². The highest BCUT2D eigenvalue weighted by Gasteiger charge is 2.34. The van der Waals surface area contributed by atoms with E-state index in [1.165, 1.54) is 0 Å². The first-order chi connectivity index (χ1) is 6.52. The van der Waals surface area contributed by atoms with Gasteiger partial charge in [0.2, 0.25) is 0 Å². The van der Waals surface area contributed by atoms with Crippen molar-refractivity contribution in [3.05, 3.63) is 11.6 Å². The van der Waals surface area contributed by atoms with Gasteiger partial charge in [-0.05, 0) is 6.92 Å². The predicted octanol–water partition coefficient (Wildman–Crippen LogP) is 0.913. The second-order valence-corrected chi connectivity index (χ2v) is 3.88. The van der Waals surface area contributed by atoms with Gasteiger partial charge in [0.05, 0.1) is 12.7 Å². The zero-order chi connectivity index (χ0) is 10.7. The summed E-state index contributed by atoms with van der Waals surface area (Å²) in [6, 6.07) is -0.626. The molecule has 0 amide bonds. The number of hydrogen-bond donors (Lipinski definition) is 1. The number of ether oxygens (including phenoxy) is 1. The van der Waals surface area contributed by atoms with Gasteiger partial charge in [0.1, 0.15) is 6.04 Å². The topological polar surface area (TPSA) is 49.8 Å². The molecule has 1 fully saturated rings. The fourth-order valence-corrected chi connectivity index (χ4v) is 1.79. The van der Waals surface area contributed by atoms with Crippen LogP contribution in [0.2, 0.25) is 0 Å². The number of morpholine rings is 1. The predicted molar refractivity (Wildman–Crippen MR) is 53.4 cm³/mol. The summed E-state index contributed by atoms with van der Waals surface area (Å²) in [6.45, 7) is 6.82. The maximum absolute atomic E-state index is 11.0. The molecule has 0 bridgehead atoms. The maximum Gasteiger partial charge on any atom is 0.323 e. The van der Waals surface area contributed by atoms with Crippen LogP contribution in [-0.2, 0) is 9.53 Å². The van der Waals surface area contributed by atoms with Gasteiger partial charge in [-0.25, -0.2) is 0 Å². The monoisotopic (exact) mass is 219 g/mol. The number of rotatable bonds is 3. The van der Waals surface area contributed by atoms with Crippen molar-refractivity contribution in [3.8, 4) is 0 Å². The molecule has 5 heteroatoms. The van der Waals surface area contributed by atoms with Gasteiger partial charge in [0.15, 0.2) is 0 Å². The molecule has 0 aromatic carbocycles. The van der Waals surface area contributed by atoms with Gasteiger partial charge in [-0.2, -0.15) is 0 Å². The quantitative estimate of drug-likeness (QED) is 0.767.